The van der Waals surface area contributed by atoms with E-state index in [-0.39, 0.29) is 30.6 Å². The topological polar surface area (TPSA) is 101 Å². The molecule has 2 heterocycles. The third-order valence-corrected chi connectivity index (χ3v) is 7.22. The number of carbonyl (C=O) groups is 2. The van der Waals surface area contributed by atoms with Gasteiger partial charge < -0.3 is 35.1 Å². The van der Waals surface area contributed by atoms with Crippen LogP contribution in [0.1, 0.15) is 37.9 Å². The largest absolute Gasteiger partial charge is 0.493 e. The maximum Gasteiger partial charge on any atom is 0.260 e. The summed E-state index contributed by atoms with van der Waals surface area (Å²) in [4.78, 5) is 27.9. The minimum atomic E-state index is -0.555. The fourth-order valence-corrected chi connectivity index (χ4v) is 5.16. The molecule has 39 heavy (non-hydrogen) atoms. The molecule has 0 unspecified atom stereocenters. The number of nitrogens with zero attached hydrogens (tertiary/aromatic N) is 1. The Labute approximate surface area is 238 Å². The average molecular weight is 573 g/mol. The summed E-state index contributed by atoms with van der Waals surface area (Å²) in [6.45, 7) is 8.50. The number of halogens is 1. The number of hydrogen-bond donors (Lipinski definition) is 3. The number of carbonyl (C=O) groups excluding carboxylic acids is 2. The molecular formula is C28H33ClN4O5S. The zero-order valence-corrected chi connectivity index (χ0v) is 24.2. The van der Waals surface area contributed by atoms with Gasteiger partial charge in [0, 0.05) is 29.5 Å². The van der Waals surface area contributed by atoms with Gasteiger partial charge in [-0.25, -0.2) is 0 Å². The highest BCUT2D eigenvalue weighted by molar-refractivity contribution is 7.80. The number of methoxy groups -OCH3 is 1. The molecule has 1 saturated heterocycles. The Morgan fingerprint density at radius 2 is 1.85 bits per heavy atom. The Hall–Kier alpha value is -3.34. The highest BCUT2D eigenvalue weighted by atomic mass is 35.5. The van der Waals surface area contributed by atoms with Crippen molar-refractivity contribution < 1.29 is 23.8 Å². The first-order chi connectivity index (χ1) is 18.5. The van der Waals surface area contributed by atoms with Gasteiger partial charge in [0.25, 0.3) is 11.8 Å². The van der Waals surface area contributed by atoms with Crippen LogP contribution < -0.4 is 25.4 Å². The molecule has 3 atom stereocenters. The predicted octanol–water partition coefficient (Wildman–Crippen LogP) is 4.10. The fraction of sp³-hybridized carbons (Fsp3) is 0.393. The van der Waals surface area contributed by atoms with E-state index in [1.807, 2.05) is 32.9 Å². The van der Waals surface area contributed by atoms with Crippen LogP contribution in [0.5, 0.6) is 11.5 Å². The number of nitrogens with one attached hydrogen (secondary N) is 3. The number of ether oxygens (including phenoxy) is 3. The third-order valence-electron chi connectivity index (χ3n) is 6.59. The Balaban J connectivity index is 1.53. The van der Waals surface area contributed by atoms with Crippen molar-refractivity contribution in [3.05, 3.63) is 63.8 Å². The number of aryl methyl sites for hydroxylation is 1. The molecule has 0 spiro atoms. The van der Waals surface area contributed by atoms with E-state index in [9.17, 15) is 9.59 Å². The second-order valence-electron chi connectivity index (χ2n) is 9.74. The molecule has 2 aromatic carbocycles. The molecule has 1 fully saturated rings. The molecule has 3 N–H and O–H groups in total. The van der Waals surface area contributed by atoms with Crippen LogP contribution in [0.4, 0.5) is 5.69 Å². The molecular weight excluding hydrogens is 540 g/mol. The van der Waals surface area contributed by atoms with Gasteiger partial charge in [0.15, 0.2) is 23.2 Å². The van der Waals surface area contributed by atoms with E-state index in [1.54, 1.807) is 36.1 Å². The van der Waals surface area contributed by atoms with Crippen LogP contribution in [0.15, 0.2) is 47.7 Å². The lowest BCUT2D eigenvalue weighted by molar-refractivity contribution is -0.145. The van der Waals surface area contributed by atoms with Gasteiger partial charge in [0.2, 0.25) is 0 Å². The molecule has 0 aliphatic carbocycles. The number of hydrogen-bond acceptors (Lipinski definition) is 6. The fourth-order valence-electron chi connectivity index (χ4n) is 4.71. The van der Waals surface area contributed by atoms with E-state index in [0.717, 1.165) is 11.1 Å². The van der Waals surface area contributed by atoms with Crippen molar-refractivity contribution in [3.8, 4) is 11.5 Å². The second kappa shape index (κ2) is 12.2. The highest BCUT2D eigenvalue weighted by Gasteiger charge is 2.31. The molecule has 208 valence electrons. The number of rotatable bonds is 7. The van der Waals surface area contributed by atoms with Crippen LogP contribution in [0.25, 0.3) is 0 Å². The van der Waals surface area contributed by atoms with E-state index in [2.05, 4.69) is 16.0 Å². The number of morpholine rings is 1. The zero-order chi connectivity index (χ0) is 28.3. The number of anilines is 1. The molecule has 2 aliphatic rings. The third kappa shape index (κ3) is 6.81. The average Bonchev–Trinajstić information content (AvgIpc) is 2.88. The van der Waals surface area contributed by atoms with Crippen LogP contribution >= 0.6 is 23.8 Å². The minimum absolute atomic E-state index is 0.0269. The van der Waals surface area contributed by atoms with Crippen molar-refractivity contribution in [1.29, 1.82) is 0 Å². The molecule has 0 bridgehead atoms. The number of benzene rings is 2. The zero-order valence-electron chi connectivity index (χ0n) is 22.6. The van der Waals surface area contributed by atoms with Gasteiger partial charge in [-0.1, -0.05) is 23.7 Å². The van der Waals surface area contributed by atoms with E-state index < -0.39 is 6.04 Å². The van der Waals surface area contributed by atoms with Gasteiger partial charge in [0.1, 0.15) is 0 Å². The maximum atomic E-state index is 13.4. The lowest BCUT2D eigenvalue weighted by Crippen LogP contribution is -2.49. The Bertz CT molecular complexity index is 1310. The smallest absolute Gasteiger partial charge is 0.260 e. The molecule has 0 radical (unpaired) electrons. The Morgan fingerprint density at radius 3 is 2.51 bits per heavy atom. The number of allylic oxidation sites excluding steroid dienone is 1. The second-order valence-corrected chi connectivity index (χ2v) is 10.6. The molecule has 2 aromatic rings. The van der Waals surface area contributed by atoms with Gasteiger partial charge in [-0.05, 0) is 75.3 Å². The van der Waals surface area contributed by atoms with Crippen LogP contribution in [0.2, 0.25) is 5.02 Å². The lowest BCUT2D eigenvalue weighted by Gasteiger charge is -2.35. The quantitative estimate of drug-likeness (QED) is 0.426. The minimum Gasteiger partial charge on any atom is -0.493 e. The van der Waals surface area contributed by atoms with Crippen molar-refractivity contribution in [2.45, 2.75) is 45.9 Å². The SMILES string of the molecule is COc1cc([C@H]2NC(=S)NC(C)=C2C(=O)Nc2ccc(C)c(Cl)c2)ccc1OCC(=O)N1C[C@@H](C)O[C@@H](C)C1. The summed E-state index contributed by atoms with van der Waals surface area (Å²) >= 11 is 11.6. The van der Waals surface area contributed by atoms with Crippen LogP contribution in [-0.2, 0) is 14.3 Å². The van der Waals surface area contributed by atoms with Gasteiger partial charge in [0.05, 0.1) is 30.9 Å². The van der Waals surface area contributed by atoms with Crippen molar-refractivity contribution in [2.75, 3.05) is 32.1 Å². The summed E-state index contributed by atoms with van der Waals surface area (Å²) in [5, 5.41) is 10.1. The van der Waals surface area contributed by atoms with Crippen molar-refractivity contribution in [3.63, 3.8) is 0 Å². The van der Waals surface area contributed by atoms with Gasteiger partial charge >= 0.3 is 0 Å². The van der Waals surface area contributed by atoms with Crippen molar-refractivity contribution >= 4 is 46.4 Å². The van der Waals surface area contributed by atoms with E-state index >= 15 is 0 Å². The van der Waals surface area contributed by atoms with Crippen LogP contribution in [-0.4, -0.2) is 60.8 Å². The molecule has 4 rings (SSSR count). The first-order valence-electron chi connectivity index (χ1n) is 12.7. The molecule has 9 nitrogen and oxygen atoms in total. The summed E-state index contributed by atoms with van der Waals surface area (Å²) in [7, 11) is 1.52. The van der Waals surface area contributed by atoms with Crippen LogP contribution in [0, 0.1) is 6.92 Å². The number of thiocarbonyl (C=S) groups is 1. The summed E-state index contributed by atoms with van der Waals surface area (Å²) in [5.74, 6) is 0.417. The van der Waals surface area contributed by atoms with E-state index in [4.69, 9.17) is 38.0 Å². The summed E-state index contributed by atoms with van der Waals surface area (Å²) < 4.78 is 17.1. The number of amides is 2. The maximum absolute atomic E-state index is 13.4. The predicted molar refractivity (Wildman–Crippen MR) is 154 cm³/mol. The molecule has 2 aliphatic heterocycles. The standard InChI is InChI=1S/C28H33ClN4O5S/c1-15-6-8-20(11-21(15)29)31-27(35)25-18(4)30-28(39)32-26(25)19-7-9-22(23(10-19)36-5)37-14-24(34)33-12-16(2)38-17(3)13-33/h6-11,16-17,26H,12-14H2,1-5H3,(H,31,35)(H2,30,32,39)/t16-,17+,26-/m1/s1. The van der Waals surface area contributed by atoms with Gasteiger partial charge in [-0.3, -0.25) is 9.59 Å². The highest BCUT2D eigenvalue weighted by Crippen LogP contribution is 2.35. The molecule has 0 aromatic heterocycles. The van der Waals surface area contributed by atoms with Crippen LogP contribution in [0.3, 0.4) is 0 Å². The summed E-state index contributed by atoms with van der Waals surface area (Å²) in [6.07, 6.45) is -0.0537. The Morgan fingerprint density at radius 1 is 1.13 bits per heavy atom. The monoisotopic (exact) mass is 572 g/mol. The van der Waals surface area contributed by atoms with E-state index in [1.165, 1.54) is 7.11 Å². The molecule has 2 amide bonds. The summed E-state index contributed by atoms with van der Waals surface area (Å²) in [5.41, 5.74) is 3.31. The van der Waals surface area contributed by atoms with Gasteiger partial charge in [-0.15, -0.1) is 0 Å². The summed E-state index contributed by atoms with van der Waals surface area (Å²) in [6, 6.07) is 10.1. The first-order valence-corrected chi connectivity index (χ1v) is 13.4. The van der Waals surface area contributed by atoms with Gasteiger partial charge in [-0.2, -0.15) is 0 Å². The molecule has 11 heteroatoms. The lowest BCUT2D eigenvalue weighted by atomic mass is 9.94. The van der Waals surface area contributed by atoms with Crippen molar-refractivity contribution in [2.24, 2.45) is 0 Å². The normalized spacial score (nSPS) is 21.1. The van der Waals surface area contributed by atoms with E-state index in [0.29, 0.717) is 51.7 Å². The van der Waals surface area contributed by atoms with Crippen molar-refractivity contribution in [1.82, 2.24) is 15.5 Å². The first kappa shape index (κ1) is 28.7. The Kier molecular flexibility index (Phi) is 8.99. The molecule has 0 saturated carbocycles.